The molecule has 7 nitrogen and oxygen atoms in total. The molecule has 10 heteroatoms. The number of pyridine rings is 1. The molecule has 3 aromatic rings. The van der Waals surface area contributed by atoms with Gasteiger partial charge in [0, 0.05) is 23.6 Å². The predicted octanol–water partition coefficient (Wildman–Crippen LogP) is 6.34. The van der Waals surface area contributed by atoms with Crippen molar-refractivity contribution in [3.8, 4) is 0 Å². The zero-order valence-corrected chi connectivity index (χ0v) is 23.7. The molecule has 0 aliphatic carbocycles. The van der Waals surface area contributed by atoms with E-state index in [-0.39, 0.29) is 23.5 Å². The monoisotopic (exact) mass is 597 g/mol. The minimum absolute atomic E-state index is 0.00245. The Bertz CT molecular complexity index is 1490. The summed E-state index contributed by atoms with van der Waals surface area (Å²) in [7, 11) is 0. The van der Waals surface area contributed by atoms with E-state index < -0.39 is 11.8 Å². The molecule has 1 atom stereocenters. The largest absolute Gasteiger partial charge is 0.428 e. The highest BCUT2D eigenvalue weighted by Gasteiger charge is 2.38. The number of hydrogen-bond acceptors (Lipinski definition) is 7. The van der Waals surface area contributed by atoms with Crippen molar-refractivity contribution in [2.75, 3.05) is 0 Å². The van der Waals surface area contributed by atoms with E-state index in [0.717, 1.165) is 20.5 Å². The maximum absolute atomic E-state index is 13.5. The van der Waals surface area contributed by atoms with Crippen LogP contribution in [0, 0.1) is 17.1 Å². The molecule has 1 amide bonds. The number of carbonyl (C=O) groups excluding carboxylic acids is 1. The number of aromatic nitrogens is 1. The van der Waals surface area contributed by atoms with Gasteiger partial charge in [-0.15, -0.1) is 11.3 Å². The number of allylic oxidation sites excluding steroid dienone is 2. The number of benzene rings is 1. The van der Waals surface area contributed by atoms with Gasteiger partial charge in [0.2, 0.25) is 5.91 Å². The van der Waals surface area contributed by atoms with Crippen molar-refractivity contribution in [2.24, 2.45) is 22.4 Å². The number of hydrogen-bond donors (Lipinski definition) is 3. The molecule has 4 rings (SSSR count). The number of aliphatic imine (C=N–C) groups is 1. The highest BCUT2D eigenvalue weighted by atomic mass is 79.9. The normalized spacial score (nSPS) is 17.1. The Balaban J connectivity index is 1.93. The number of nitrogens with one attached hydrogen (secondary N) is 1. The fraction of sp³-hybridized carbons (Fsp3) is 0.286. The maximum atomic E-state index is 13.5. The van der Waals surface area contributed by atoms with Crippen molar-refractivity contribution in [1.29, 1.82) is 5.41 Å². The van der Waals surface area contributed by atoms with Crippen LogP contribution in [0.4, 0.5) is 4.39 Å². The molecule has 3 heterocycles. The molecule has 2 aromatic heterocycles. The lowest BCUT2D eigenvalue weighted by Gasteiger charge is -2.30. The lowest BCUT2D eigenvalue weighted by molar-refractivity contribution is -0.114. The fourth-order valence-corrected chi connectivity index (χ4v) is 6.32. The van der Waals surface area contributed by atoms with Crippen molar-refractivity contribution >= 4 is 54.9 Å². The number of fused-ring (bicyclic) bond motifs is 1. The van der Waals surface area contributed by atoms with Gasteiger partial charge in [-0.3, -0.25) is 15.2 Å². The van der Waals surface area contributed by atoms with Crippen LogP contribution in [0.2, 0.25) is 0 Å². The topological polar surface area (TPSA) is 127 Å². The molecular weight excluding hydrogens is 569 g/mol. The minimum Gasteiger partial charge on any atom is -0.428 e. The fourth-order valence-electron chi connectivity index (χ4n) is 4.57. The van der Waals surface area contributed by atoms with Crippen LogP contribution in [0.1, 0.15) is 50.0 Å². The number of primary amides is 1. The molecule has 0 radical (unpaired) electrons. The number of carbonyl (C=O) groups is 1. The van der Waals surface area contributed by atoms with Crippen LogP contribution in [-0.4, -0.2) is 22.5 Å². The number of ether oxygens (including phenoxy) is 1. The van der Waals surface area contributed by atoms with Crippen LogP contribution < -0.4 is 11.5 Å². The molecule has 1 aliphatic rings. The second-order valence-electron chi connectivity index (χ2n) is 9.55. The van der Waals surface area contributed by atoms with Crippen molar-refractivity contribution < 1.29 is 13.9 Å². The quantitative estimate of drug-likeness (QED) is 0.121. The van der Waals surface area contributed by atoms with E-state index >= 15 is 0 Å². The van der Waals surface area contributed by atoms with E-state index in [1.165, 1.54) is 30.4 Å². The van der Waals surface area contributed by atoms with Crippen LogP contribution in [0.15, 0.2) is 74.9 Å². The first-order valence-corrected chi connectivity index (χ1v) is 13.8. The molecule has 0 saturated heterocycles. The predicted molar refractivity (Wildman–Crippen MR) is 154 cm³/mol. The molecule has 5 N–H and O–H groups in total. The number of nitrogens with zero attached hydrogens (tertiary/aromatic N) is 2. The summed E-state index contributed by atoms with van der Waals surface area (Å²) in [5.74, 6) is -1.40. The first kappa shape index (κ1) is 27.7. The third kappa shape index (κ3) is 6.02. The Morgan fingerprint density at radius 2 is 1.92 bits per heavy atom. The van der Waals surface area contributed by atoms with E-state index in [2.05, 4.69) is 34.8 Å². The highest BCUT2D eigenvalue weighted by Crippen LogP contribution is 2.46. The Hall–Kier alpha value is -3.37. The molecule has 0 fully saturated rings. The lowest BCUT2D eigenvalue weighted by atomic mass is 9.80. The Morgan fingerprint density at radius 3 is 2.53 bits per heavy atom. The summed E-state index contributed by atoms with van der Waals surface area (Å²) >= 11 is 5.01. The average molecular weight is 599 g/mol. The number of aryl methyl sites for hydroxylation is 1. The third-order valence-electron chi connectivity index (χ3n) is 6.12. The smallest absolute Gasteiger partial charge is 0.247 e. The summed E-state index contributed by atoms with van der Waals surface area (Å²) in [6, 6.07) is 10.2. The lowest BCUT2D eigenvalue weighted by Crippen LogP contribution is -2.31. The number of amides is 1. The van der Waals surface area contributed by atoms with E-state index in [1.807, 2.05) is 12.1 Å². The van der Waals surface area contributed by atoms with Gasteiger partial charge in [0.15, 0.2) is 11.8 Å². The second kappa shape index (κ2) is 11.6. The molecule has 0 spiro atoms. The van der Waals surface area contributed by atoms with Gasteiger partial charge in [0.1, 0.15) is 10.4 Å². The van der Waals surface area contributed by atoms with Gasteiger partial charge < -0.3 is 16.2 Å². The second-order valence-corrected chi connectivity index (χ2v) is 11.4. The number of halogens is 2. The average Bonchev–Trinajstić information content (AvgIpc) is 3.27. The third-order valence-corrected chi connectivity index (χ3v) is 8.21. The zero-order chi connectivity index (χ0) is 27.6. The number of nitrogens with two attached hydrogens (primary N) is 2. The first-order valence-electron chi connectivity index (χ1n) is 12.2. The van der Waals surface area contributed by atoms with Gasteiger partial charge in [0.25, 0.3) is 0 Å². The molecule has 38 heavy (non-hydrogen) atoms. The molecule has 1 unspecified atom stereocenters. The summed E-state index contributed by atoms with van der Waals surface area (Å²) < 4.78 is 20.7. The molecule has 198 valence electrons. The van der Waals surface area contributed by atoms with Gasteiger partial charge in [-0.05, 0) is 76.3 Å². The Kier molecular flexibility index (Phi) is 8.42. The van der Waals surface area contributed by atoms with E-state index in [1.54, 1.807) is 18.3 Å². The SMILES string of the molecule is CC(=N)O/C(N)=C1/C(CCc2ccc(F)cc2)=NC(CC(C)C)=C(C(N)=O)C1c1cc2ccnc(Br)c2s1. The Morgan fingerprint density at radius 1 is 1.21 bits per heavy atom. The molecule has 1 aromatic carbocycles. The summed E-state index contributed by atoms with van der Waals surface area (Å²) in [4.78, 5) is 23.1. The van der Waals surface area contributed by atoms with E-state index in [9.17, 15) is 9.18 Å². The van der Waals surface area contributed by atoms with Gasteiger partial charge in [-0.2, -0.15) is 0 Å². The van der Waals surface area contributed by atoms with Gasteiger partial charge in [0.05, 0.1) is 27.6 Å². The number of rotatable bonds is 8. The van der Waals surface area contributed by atoms with Crippen LogP contribution in [0.25, 0.3) is 10.1 Å². The van der Waals surface area contributed by atoms with Crippen LogP contribution in [0.3, 0.4) is 0 Å². The highest BCUT2D eigenvalue weighted by molar-refractivity contribution is 9.10. The van der Waals surface area contributed by atoms with Crippen LogP contribution in [0.5, 0.6) is 0 Å². The van der Waals surface area contributed by atoms with E-state index in [4.69, 9.17) is 26.6 Å². The van der Waals surface area contributed by atoms with Crippen molar-refractivity contribution in [3.63, 3.8) is 0 Å². The molecular formula is C28H29BrFN5O2S. The van der Waals surface area contributed by atoms with Crippen molar-refractivity contribution in [2.45, 2.75) is 46.0 Å². The van der Waals surface area contributed by atoms with Gasteiger partial charge in [-0.25, -0.2) is 9.37 Å². The zero-order valence-electron chi connectivity index (χ0n) is 21.3. The summed E-state index contributed by atoms with van der Waals surface area (Å²) in [5.41, 5.74) is 15.6. The molecule has 0 bridgehead atoms. The molecule has 0 saturated carbocycles. The first-order chi connectivity index (χ1) is 18.0. The summed E-state index contributed by atoms with van der Waals surface area (Å²) in [6.07, 6.45) is 3.28. The number of thiophene rings is 1. The van der Waals surface area contributed by atoms with Crippen molar-refractivity contribution in [3.05, 3.63) is 86.2 Å². The van der Waals surface area contributed by atoms with Crippen molar-refractivity contribution in [1.82, 2.24) is 4.98 Å². The Labute approximate surface area is 233 Å². The van der Waals surface area contributed by atoms with Crippen LogP contribution in [-0.2, 0) is 16.0 Å². The molecule has 1 aliphatic heterocycles. The standard InChI is InChI=1S/C28H29BrFN5O2S/c1-14(2)12-20-22(27(32)36)24(21-13-17-10-11-34-26(29)25(17)38-21)23(28(33)37-15(3)31)19(35-20)9-6-16-4-7-18(30)8-5-16/h4-5,7-8,10-11,13-14,24,31H,6,9,12,33H2,1-3H3,(H2,32,36)/b28-23-,31-15?. The van der Waals surface area contributed by atoms with Gasteiger partial charge in [-0.1, -0.05) is 26.0 Å². The maximum Gasteiger partial charge on any atom is 0.247 e. The summed E-state index contributed by atoms with van der Waals surface area (Å²) in [6.45, 7) is 5.59. The minimum atomic E-state index is -0.634. The van der Waals surface area contributed by atoms with E-state index in [0.29, 0.717) is 46.4 Å². The summed E-state index contributed by atoms with van der Waals surface area (Å²) in [5, 5.41) is 8.85. The van der Waals surface area contributed by atoms with Crippen LogP contribution >= 0.6 is 27.3 Å². The van der Waals surface area contributed by atoms with Gasteiger partial charge >= 0.3 is 0 Å².